The van der Waals surface area contributed by atoms with Gasteiger partial charge in [-0.15, -0.1) is 0 Å². The van der Waals surface area contributed by atoms with Crippen LogP contribution in [0.1, 0.15) is 17.2 Å². The molecule has 2 unspecified atom stereocenters. The summed E-state index contributed by atoms with van der Waals surface area (Å²) in [6, 6.07) is 8.76. The summed E-state index contributed by atoms with van der Waals surface area (Å²) in [5.41, 5.74) is 2.16. The number of carbonyl (C=O) groups is 1. The number of halogens is 2. The molecule has 0 fully saturated rings. The number of nitro benzene ring substituents is 1. The number of likely N-dealkylation sites (N-methyl/N-ethyl adjacent to an activating group) is 2. The quantitative estimate of drug-likeness (QED) is 0.587. The topological polar surface area (TPSA) is 86.9 Å². The van der Waals surface area contributed by atoms with Crippen molar-refractivity contribution in [2.45, 2.75) is 18.6 Å². The molecule has 2 aromatic rings. The Morgan fingerprint density at radius 1 is 1.25 bits per heavy atom. The second kappa shape index (κ2) is 8.05. The lowest BCUT2D eigenvalue weighted by atomic mass is 10.1. The molecule has 1 N–H and O–H groups in total. The summed E-state index contributed by atoms with van der Waals surface area (Å²) < 4.78 is 0. The van der Waals surface area contributed by atoms with E-state index in [0.29, 0.717) is 22.2 Å². The van der Waals surface area contributed by atoms with Gasteiger partial charge in [0, 0.05) is 41.3 Å². The van der Waals surface area contributed by atoms with E-state index in [1.807, 2.05) is 0 Å². The zero-order chi connectivity index (χ0) is 20.6. The molecular weight excluding hydrogens is 405 g/mol. The number of nitro groups is 1. The van der Waals surface area contributed by atoms with Crippen molar-refractivity contribution in [3.8, 4) is 0 Å². The molecule has 2 aromatic carbocycles. The molecule has 1 aliphatic carbocycles. The Bertz CT molecular complexity index is 920. The first-order chi connectivity index (χ1) is 13.2. The van der Waals surface area contributed by atoms with Crippen molar-refractivity contribution in [3.05, 3.63) is 67.7 Å². The van der Waals surface area contributed by atoms with Crippen LogP contribution < -0.4 is 4.90 Å². The number of aliphatic hydroxyl groups excluding tert-OH is 1. The van der Waals surface area contributed by atoms with Gasteiger partial charge >= 0.3 is 0 Å². The molecular formula is C19H19Cl2N3O4. The fraction of sp³-hybridized carbons (Fsp3) is 0.316. The standard InChI is InChI=1S/C19H19Cl2N3O4/c1-22(19-15-7-11(20)8-16(21)14(15)9-17(19)25)10-18(26)23(2)12-3-5-13(6-4-12)24(27)28/h3-8,17,19,25H,9-10H2,1-2H3. The molecule has 0 radical (unpaired) electrons. The number of hydrogen-bond donors (Lipinski definition) is 1. The Labute approximate surface area is 172 Å². The maximum atomic E-state index is 12.7. The maximum Gasteiger partial charge on any atom is 0.269 e. The highest BCUT2D eigenvalue weighted by Gasteiger charge is 2.36. The summed E-state index contributed by atoms with van der Waals surface area (Å²) in [5.74, 6) is -0.217. The molecule has 0 bridgehead atoms. The predicted octanol–water partition coefficient (Wildman–Crippen LogP) is 3.45. The Hall–Kier alpha value is -2.19. The summed E-state index contributed by atoms with van der Waals surface area (Å²) in [4.78, 5) is 26.2. The first-order valence-electron chi connectivity index (χ1n) is 8.56. The lowest BCUT2D eigenvalue weighted by Gasteiger charge is -2.29. The molecule has 0 aromatic heterocycles. The lowest BCUT2D eigenvalue weighted by Crippen LogP contribution is -2.40. The average molecular weight is 424 g/mol. The SMILES string of the molecule is CN(C(=O)CN(C)C1c2cc(Cl)cc(Cl)c2CC1O)c1ccc([N+](=O)[O-])cc1. The normalized spacial score (nSPS) is 18.2. The van der Waals surface area contributed by atoms with Crippen LogP contribution in [0, 0.1) is 10.1 Å². The fourth-order valence-electron chi connectivity index (χ4n) is 3.52. The lowest BCUT2D eigenvalue weighted by molar-refractivity contribution is -0.384. The molecule has 3 rings (SSSR count). The van der Waals surface area contributed by atoms with E-state index in [-0.39, 0.29) is 18.1 Å². The number of non-ortho nitro benzene ring substituents is 1. The van der Waals surface area contributed by atoms with E-state index in [1.165, 1.54) is 29.2 Å². The Morgan fingerprint density at radius 3 is 2.50 bits per heavy atom. The number of fused-ring (bicyclic) bond motifs is 1. The molecule has 0 heterocycles. The maximum absolute atomic E-state index is 12.7. The van der Waals surface area contributed by atoms with Crippen molar-refractivity contribution in [1.29, 1.82) is 0 Å². The number of nitrogens with zero attached hydrogens (tertiary/aromatic N) is 3. The van der Waals surface area contributed by atoms with Gasteiger partial charge in [0.05, 0.1) is 23.6 Å². The van der Waals surface area contributed by atoms with E-state index < -0.39 is 17.1 Å². The molecule has 9 heteroatoms. The molecule has 28 heavy (non-hydrogen) atoms. The van der Waals surface area contributed by atoms with Crippen LogP contribution in [0.2, 0.25) is 10.0 Å². The highest BCUT2D eigenvalue weighted by molar-refractivity contribution is 6.35. The third-order valence-electron chi connectivity index (χ3n) is 4.97. The van der Waals surface area contributed by atoms with Crippen molar-refractivity contribution < 1.29 is 14.8 Å². The minimum absolute atomic E-state index is 0.0405. The summed E-state index contributed by atoms with van der Waals surface area (Å²) in [6.45, 7) is 0.0405. The van der Waals surface area contributed by atoms with Gasteiger partial charge in [-0.1, -0.05) is 23.2 Å². The highest BCUT2D eigenvalue weighted by Crippen LogP contribution is 2.40. The van der Waals surface area contributed by atoms with Crippen LogP contribution in [0.15, 0.2) is 36.4 Å². The number of carbonyl (C=O) groups excluding carboxylic acids is 1. The molecule has 2 atom stereocenters. The molecule has 0 saturated heterocycles. The van der Waals surface area contributed by atoms with Gasteiger partial charge in [0.2, 0.25) is 5.91 Å². The molecule has 1 amide bonds. The summed E-state index contributed by atoms with van der Waals surface area (Å²) in [5, 5.41) is 22.3. The number of benzene rings is 2. The van der Waals surface area contributed by atoms with E-state index in [4.69, 9.17) is 23.2 Å². The van der Waals surface area contributed by atoms with Gasteiger partial charge in [-0.3, -0.25) is 19.8 Å². The van der Waals surface area contributed by atoms with Gasteiger partial charge in [0.15, 0.2) is 0 Å². The number of anilines is 1. The van der Waals surface area contributed by atoms with Crippen LogP contribution >= 0.6 is 23.2 Å². The van der Waals surface area contributed by atoms with Crippen LogP contribution in [-0.4, -0.2) is 47.6 Å². The second-order valence-electron chi connectivity index (χ2n) is 6.81. The van der Waals surface area contributed by atoms with Crippen LogP contribution in [-0.2, 0) is 11.2 Å². The van der Waals surface area contributed by atoms with Gasteiger partial charge in [-0.2, -0.15) is 0 Å². The van der Waals surface area contributed by atoms with Crippen LogP contribution in [0.3, 0.4) is 0 Å². The minimum atomic E-state index is -0.701. The van der Waals surface area contributed by atoms with Crippen molar-refractivity contribution in [3.63, 3.8) is 0 Å². The molecule has 0 saturated carbocycles. The predicted molar refractivity (Wildman–Crippen MR) is 108 cm³/mol. The molecule has 0 spiro atoms. The smallest absolute Gasteiger partial charge is 0.269 e. The average Bonchev–Trinajstić information content (AvgIpc) is 2.97. The van der Waals surface area contributed by atoms with E-state index in [9.17, 15) is 20.0 Å². The van der Waals surface area contributed by atoms with Crippen LogP contribution in [0.4, 0.5) is 11.4 Å². The van der Waals surface area contributed by atoms with Crippen LogP contribution in [0.25, 0.3) is 0 Å². The number of rotatable bonds is 5. The van der Waals surface area contributed by atoms with Crippen molar-refractivity contribution in [2.24, 2.45) is 0 Å². The van der Waals surface area contributed by atoms with Crippen LogP contribution in [0.5, 0.6) is 0 Å². The third kappa shape index (κ3) is 3.98. The Balaban J connectivity index is 1.75. The summed E-state index contributed by atoms with van der Waals surface area (Å²) in [7, 11) is 3.35. The number of aliphatic hydroxyl groups is 1. The monoisotopic (exact) mass is 423 g/mol. The molecule has 7 nitrogen and oxygen atoms in total. The van der Waals surface area contributed by atoms with Crippen molar-refractivity contribution in [2.75, 3.05) is 25.5 Å². The van der Waals surface area contributed by atoms with E-state index in [1.54, 1.807) is 31.1 Å². The zero-order valence-electron chi connectivity index (χ0n) is 15.3. The van der Waals surface area contributed by atoms with Gasteiger partial charge in [0.1, 0.15) is 0 Å². The molecule has 1 aliphatic rings. The zero-order valence-corrected chi connectivity index (χ0v) is 16.8. The number of hydrogen-bond acceptors (Lipinski definition) is 5. The van der Waals surface area contributed by atoms with E-state index in [2.05, 4.69) is 0 Å². The first kappa shape index (κ1) is 20.5. The largest absolute Gasteiger partial charge is 0.391 e. The summed E-state index contributed by atoms with van der Waals surface area (Å²) in [6.07, 6.45) is -0.305. The summed E-state index contributed by atoms with van der Waals surface area (Å²) >= 11 is 12.4. The molecule has 148 valence electrons. The van der Waals surface area contributed by atoms with Gasteiger partial charge < -0.3 is 10.0 Å². The second-order valence-corrected chi connectivity index (χ2v) is 7.66. The van der Waals surface area contributed by atoms with E-state index in [0.717, 1.165) is 11.1 Å². The van der Waals surface area contributed by atoms with Crippen molar-refractivity contribution in [1.82, 2.24) is 4.90 Å². The minimum Gasteiger partial charge on any atom is -0.391 e. The van der Waals surface area contributed by atoms with E-state index >= 15 is 0 Å². The molecule has 0 aliphatic heterocycles. The number of amides is 1. The Kier molecular flexibility index (Phi) is 5.90. The Morgan fingerprint density at radius 2 is 1.89 bits per heavy atom. The van der Waals surface area contributed by atoms with Crippen molar-refractivity contribution >= 4 is 40.5 Å². The van der Waals surface area contributed by atoms with Gasteiger partial charge in [-0.25, -0.2) is 0 Å². The van der Waals surface area contributed by atoms with Gasteiger partial charge in [0.25, 0.3) is 5.69 Å². The highest BCUT2D eigenvalue weighted by atomic mass is 35.5. The first-order valence-corrected chi connectivity index (χ1v) is 9.31. The van der Waals surface area contributed by atoms with Gasteiger partial charge in [-0.05, 0) is 42.4 Å². The fourth-order valence-corrected chi connectivity index (χ4v) is 4.11. The third-order valence-corrected chi connectivity index (χ3v) is 5.53.